The molecule has 0 amide bonds. The number of aromatic nitrogens is 2. The molecule has 24 heavy (non-hydrogen) atoms. The molecular weight excluding hydrogens is 298 g/mol. The van der Waals surface area contributed by atoms with Crippen molar-refractivity contribution in [2.24, 2.45) is 5.92 Å². The Balaban J connectivity index is 1.70. The number of nitrogens with zero attached hydrogens (tertiary/aromatic N) is 3. The molecule has 3 atom stereocenters. The average molecular weight is 319 g/mol. The molecule has 5 heteroatoms. The number of pyridine rings is 2. The molecule has 3 aliphatic rings. The number of nitrogens with two attached hydrogens (primary N) is 1. The Bertz CT molecular complexity index is 843. The van der Waals surface area contributed by atoms with Crippen molar-refractivity contribution in [2.75, 3.05) is 5.73 Å². The van der Waals surface area contributed by atoms with Crippen molar-refractivity contribution in [3.8, 4) is 0 Å². The van der Waals surface area contributed by atoms with Gasteiger partial charge in [0.25, 0.3) is 0 Å². The van der Waals surface area contributed by atoms with Gasteiger partial charge in [0.15, 0.2) is 0 Å². The number of anilines is 1. The van der Waals surface area contributed by atoms with E-state index >= 15 is 0 Å². The normalized spacial score (nSPS) is 27.5. The van der Waals surface area contributed by atoms with Gasteiger partial charge in [-0.15, -0.1) is 0 Å². The van der Waals surface area contributed by atoms with Crippen molar-refractivity contribution in [1.82, 2.24) is 20.2 Å². The van der Waals surface area contributed by atoms with Gasteiger partial charge in [0.05, 0.1) is 17.1 Å². The summed E-state index contributed by atoms with van der Waals surface area (Å²) in [5.74, 6) is 1.29. The first kappa shape index (κ1) is 13.8. The Kier molecular flexibility index (Phi) is 2.86. The van der Waals surface area contributed by atoms with E-state index in [0.29, 0.717) is 18.0 Å². The van der Waals surface area contributed by atoms with Crippen LogP contribution in [0.2, 0.25) is 0 Å². The molecule has 1 saturated heterocycles. The molecule has 5 rings (SSSR count). The van der Waals surface area contributed by atoms with Gasteiger partial charge in [0, 0.05) is 23.5 Å². The van der Waals surface area contributed by atoms with Crippen LogP contribution < -0.4 is 11.1 Å². The zero-order valence-corrected chi connectivity index (χ0v) is 13.7. The van der Waals surface area contributed by atoms with E-state index in [-0.39, 0.29) is 0 Å². The molecule has 0 spiro atoms. The third-order valence-corrected chi connectivity index (χ3v) is 5.57. The molecular formula is C19H21N5. The molecule has 3 unspecified atom stereocenters. The Morgan fingerprint density at radius 1 is 1.25 bits per heavy atom. The van der Waals surface area contributed by atoms with Crippen LogP contribution in [0.15, 0.2) is 36.5 Å². The van der Waals surface area contributed by atoms with Crippen LogP contribution in [-0.2, 0) is 0 Å². The minimum atomic E-state index is 0.394. The van der Waals surface area contributed by atoms with Crippen molar-refractivity contribution in [1.29, 1.82) is 0 Å². The number of hydrogen-bond acceptors (Lipinski definition) is 5. The van der Waals surface area contributed by atoms with Gasteiger partial charge in [-0.25, -0.2) is 4.98 Å². The predicted molar refractivity (Wildman–Crippen MR) is 94.3 cm³/mol. The van der Waals surface area contributed by atoms with Crippen molar-refractivity contribution in [3.05, 3.63) is 53.5 Å². The first-order chi connectivity index (χ1) is 11.7. The minimum absolute atomic E-state index is 0.394. The van der Waals surface area contributed by atoms with Gasteiger partial charge in [-0.05, 0) is 56.4 Å². The summed E-state index contributed by atoms with van der Waals surface area (Å²) in [5.41, 5.74) is 11.5. The summed E-state index contributed by atoms with van der Waals surface area (Å²) in [5, 5.41) is 3.78. The lowest BCUT2D eigenvalue weighted by Gasteiger charge is -2.33. The number of hydrogen-bond donors (Lipinski definition) is 2. The fraction of sp³-hybridized carbons (Fsp3) is 0.368. The van der Waals surface area contributed by atoms with Crippen LogP contribution in [0, 0.1) is 12.8 Å². The van der Waals surface area contributed by atoms with Crippen LogP contribution in [0.1, 0.15) is 36.2 Å². The molecule has 1 saturated carbocycles. The Morgan fingerprint density at radius 3 is 3.00 bits per heavy atom. The lowest BCUT2D eigenvalue weighted by Crippen LogP contribution is -2.41. The topological polar surface area (TPSA) is 67.1 Å². The van der Waals surface area contributed by atoms with Gasteiger partial charge < -0.3 is 16.0 Å². The molecule has 3 N–H and O–H groups in total. The molecule has 2 fully saturated rings. The van der Waals surface area contributed by atoms with E-state index in [9.17, 15) is 0 Å². The second-order valence-electron chi connectivity index (χ2n) is 7.08. The third-order valence-electron chi connectivity index (χ3n) is 5.57. The summed E-state index contributed by atoms with van der Waals surface area (Å²) in [6.07, 6.45) is 6.07. The van der Waals surface area contributed by atoms with Crippen LogP contribution in [0.4, 0.5) is 5.82 Å². The molecule has 2 aliphatic heterocycles. The highest BCUT2D eigenvalue weighted by Gasteiger charge is 2.51. The second kappa shape index (κ2) is 4.97. The van der Waals surface area contributed by atoms with E-state index in [1.807, 2.05) is 19.1 Å². The summed E-state index contributed by atoms with van der Waals surface area (Å²) in [4.78, 5) is 11.5. The predicted octanol–water partition coefficient (Wildman–Crippen LogP) is 2.61. The molecule has 1 aliphatic carbocycles. The standard InChI is InChI=1S/C19H21N5/c1-11-3-2-4-15(22-11)17-18(12-7-8-21-16(20)10-12)24-14-6-5-13(9-14)19(24)23-17/h2-4,7-8,10,13-14,19,23H,5-6,9H2,1H3,(H2,20,21). The lowest BCUT2D eigenvalue weighted by atomic mass is 10.1. The summed E-state index contributed by atoms with van der Waals surface area (Å²) in [7, 11) is 0. The minimum Gasteiger partial charge on any atom is -0.384 e. The molecule has 2 bridgehead atoms. The number of nitrogens with one attached hydrogen (secondary N) is 1. The van der Waals surface area contributed by atoms with Crippen molar-refractivity contribution >= 4 is 17.2 Å². The molecule has 2 aromatic heterocycles. The highest BCUT2D eigenvalue weighted by molar-refractivity contribution is 5.91. The first-order valence-electron chi connectivity index (χ1n) is 8.66. The van der Waals surface area contributed by atoms with Crippen molar-refractivity contribution < 1.29 is 0 Å². The van der Waals surface area contributed by atoms with Gasteiger partial charge in [-0.1, -0.05) is 6.07 Å². The SMILES string of the molecule is Cc1cccc(C2=C(c3ccnc(N)c3)N3C4CCC(C4)C3N2)n1. The molecule has 122 valence electrons. The van der Waals surface area contributed by atoms with Gasteiger partial charge >= 0.3 is 0 Å². The third kappa shape index (κ3) is 1.94. The lowest BCUT2D eigenvalue weighted by molar-refractivity contribution is 0.218. The van der Waals surface area contributed by atoms with Gasteiger partial charge in [-0.3, -0.25) is 4.98 Å². The number of nitrogen functional groups attached to an aromatic ring is 1. The Hall–Kier alpha value is -2.56. The number of fused-ring (bicyclic) bond motifs is 5. The maximum absolute atomic E-state index is 5.96. The smallest absolute Gasteiger partial charge is 0.123 e. The molecule has 4 heterocycles. The van der Waals surface area contributed by atoms with E-state index in [0.717, 1.165) is 28.6 Å². The fourth-order valence-electron chi connectivity index (χ4n) is 4.61. The van der Waals surface area contributed by atoms with Crippen molar-refractivity contribution in [3.63, 3.8) is 0 Å². The zero-order chi connectivity index (χ0) is 16.3. The summed E-state index contributed by atoms with van der Waals surface area (Å²) in [6.45, 7) is 2.04. The van der Waals surface area contributed by atoms with Crippen LogP contribution in [0.3, 0.4) is 0 Å². The summed E-state index contributed by atoms with van der Waals surface area (Å²) in [6, 6.07) is 10.8. The molecule has 2 aromatic rings. The molecule has 5 nitrogen and oxygen atoms in total. The molecule has 0 radical (unpaired) electrons. The Morgan fingerprint density at radius 2 is 2.17 bits per heavy atom. The average Bonchev–Trinajstić information content (AvgIpc) is 3.26. The Labute approximate surface area is 141 Å². The summed E-state index contributed by atoms with van der Waals surface area (Å²) < 4.78 is 0. The highest BCUT2D eigenvalue weighted by Crippen LogP contribution is 2.50. The van der Waals surface area contributed by atoms with E-state index in [1.165, 1.54) is 25.0 Å². The monoisotopic (exact) mass is 319 g/mol. The number of aryl methyl sites for hydroxylation is 1. The van der Waals surface area contributed by atoms with Crippen LogP contribution in [0.25, 0.3) is 11.4 Å². The molecule has 0 aromatic carbocycles. The quantitative estimate of drug-likeness (QED) is 0.890. The first-order valence-corrected chi connectivity index (χ1v) is 8.66. The van der Waals surface area contributed by atoms with E-state index in [1.54, 1.807) is 6.20 Å². The van der Waals surface area contributed by atoms with Crippen LogP contribution >= 0.6 is 0 Å². The second-order valence-corrected chi connectivity index (χ2v) is 7.08. The highest BCUT2D eigenvalue weighted by atomic mass is 15.4. The summed E-state index contributed by atoms with van der Waals surface area (Å²) >= 11 is 0. The van der Waals surface area contributed by atoms with E-state index in [2.05, 4.69) is 33.4 Å². The van der Waals surface area contributed by atoms with E-state index < -0.39 is 0 Å². The van der Waals surface area contributed by atoms with Crippen molar-refractivity contribution in [2.45, 2.75) is 38.4 Å². The number of piperidine rings is 1. The van der Waals surface area contributed by atoms with Gasteiger partial charge in [-0.2, -0.15) is 0 Å². The largest absolute Gasteiger partial charge is 0.384 e. The zero-order valence-electron chi connectivity index (χ0n) is 13.7. The number of rotatable bonds is 2. The van der Waals surface area contributed by atoms with Gasteiger partial charge in [0.2, 0.25) is 0 Å². The fourth-order valence-corrected chi connectivity index (χ4v) is 4.61. The van der Waals surface area contributed by atoms with Crippen LogP contribution in [-0.4, -0.2) is 27.1 Å². The van der Waals surface area contributed by atoms with E-state index in [4.69, 9.17) is 10.7 Å². The maximum Gasteiger partial charge on any atom is 0.123 e. The van der Waals surface area contributed by atoms with Gasteiger partial charge in [0.1, 0.15) is 12.0 Å². The maximum atomic E-state index is 5.96. The van der Waals surface area contributed by atoms with Crippen LogP contribution in [0.5, 0.6) is 0 Å².